The maximum atomic E-state index is 13.3. The van der Waals surface area contributed by atoms with Crippen molar-refractivity contribution in [3.05, 3.63) is 80.5 Å². The Morgan fingerprint density at radius 2 is 1.90 bits per heavy atom. The van der Waals surface area contributed by atoms with Crippen LogP contribution in [0.2, 0.25) is 0 Å². The van der Waals surface area contributed by atoms with E-state index in [1.165, 1.54) is 42.5 Å². The number of amides is 1. The second kappa shape index (κ2) is 8.83. The number of hydrogen-bond acceptors (Lipinski definition) is 6. The minimum Gasteiger partial charge on any atom is -0.462 e. The van der Waals surface area contributed by atoms with E-state index in [4.69, 9.17) is 4.74 Å². The van der Waals surface area contributed by atoms with Crippen LogP contribution < -0.4 is 5.32 Å². The zero-order valence-corrected chi connectivity index (χ0v) is 16.9. The predicted molar refractivity (Wildman–Crippen MR) is 111 cm³/mol. The van der Waals surface area contributed by atoms with Crippen molar-refractivity contribution in [3.63, 3.8) is 0 Å². The van der Waals surface area contributed by atoms with E-state index >= 15 is 0 Å². The normalized spacial score (nSPS) is 10.5. The first-order valence-electron chi connectivity index (χ1n) is 8.92. The number of nitro benzene ring substituents is 1. The van der Waals surface area contributed by atoms with Gasteiger partial charge in [0.25, 0.3) is 11.6 Å². The Labute approximate surface area is 175 Å². The van der Waals surface area contributed by atoms with Crippen molar-refractivity contribution < 1.29 is 23.6 Å². The summed E-state index contributed by atoms with van der Waals surface area (Å²) in [7, 11) is 0. The van der Waals surface area contributed by atoms with Gasteiger partial charge >= 0.3 is 5.97 Å². The summed E-state index contributed by atoms with van der Waals surface area (Å²) >= 11 is 1.11. The van der Waals surface area contributed by atoms with Crippen LogP contribution in [0.4, 0.5) is 15.1 Å². The number of ether oxygens (including phenoxy) is 1. The summed E-state index contributed by atoms with van der Waals surface area (Å²) in [5, 5.41) is 15.7. The Kier molecular flexibility index (Phi) is 6.22. The van der Waals surface area contributed by atoms with Crippen molar-refractivity contribution >= 4 is 33.9 Å². The summed E-state index contributed by atoms with van der Waals surface area (Å²) in [6, 6.07) is 9.72. The Hall–Kier alpha value is -3.59. The Morgan fingerprint density at radius 3 is 2.53 bits per heavy atom. The summed E-state index contributed by atoms with van der Waals surface area (Å²) in [4.78, 5) is 35.8. The quantitative estimate of drug-likeness (QED) is 0.331. The van der Waals surface area contributed by atoms with Crippen LogP contribution in [0.1, 0.15) is 33.2 Å². The Morgan fingerprint density at radius 1 is 1.20 bits per heavy atom. The van der Waals surface area contributed by atoms with E-state index in [1.54, 1.807) is 19.2 Å². The van der Waals surface area contributed by atoms with Gasteiger partial charge in [-0.3, -0.25) is 14.9 Å². The number of anilines is 1. The number of rotatable bonds is 6. The molecule has 0 saturated carbocycles. The molecule has 0 aliphatic rings. The van der Waals surface area contributed by atoms with Crippen molar-refractivity contribution in [2.75, 3.05) is 11.9 Å². The average molecular weight is 428 g/mol. The Balaban J connectivity index is 1.98. The summed E-state index contributed by atoms with van der Waals surface area (Å²) in [5.41, 5.74) is 1.55. The van der Waals surface area contributed by atoms with E-state index in [1.807, 2.05) is 0 Å². The topological polar surface area (TPSA) is 98.5 Å². The molecule has 154 valence electrons. The number of benzene rings is 2. The number of thiophene rings is 1. The van der Waals surface area contributed by atoms with Crippen LogP contribution in [0.25, 0.3) is 11.1 Å². The molecule has 2 aromatic carbocycles. The monoisotopic (exact) mass is 428 g/mol. The molecule has 3 rings (SSSR count). The minimum atomic E-state index is -0.636. The second-order valence-electron chi connectivity index (χ2n) is 6.29. The molecule has 1 aromatic heterocycles. The van der Waals surface area contributed by atoms with Gasteiger partial charge in [0.2, 0.25) is 0 Å². The van der Waals surface area contributed by atoms with Gasteiger partial charge in [0, 0.05) is 28.1 Å². The highest BCUT2D eigenvalue weighted by atomic mass is 32.1. The maximum absolute atomic E-state index is 13.3. The van der Waals surface area contributed by atoms with Crippen molar-refractivity contribution in [2.24, 2.45) is 0 Å². The molecule has 0 bridgehead atoms. The fourth-order valence-corrected chi connectivity index (χ4v) is 3.77. The third-order valence-electron chi connectivity index (χ3n) is 4.32. The number of aryl methyl sites for hydroxylation is 1. The van der Waals surface area contributed by atoms with Gasteiger partial charge in [-0.05, 0) is 37.6 Å². The molecular formula is C21H17FN2O5S. The molecule has 0 unspecified atom stereocenters. The van der Waals surface area contributed by atoms with Crippen LogP contribution in [0, 0.1) is 22.9 Å². The summed E-state index contributed by atoms with van der Waals surface area (Å²) in [5.74, 6) is -1.65. The van der Waals surface area contributed by atoms with Crippen LogP contribution in [-0.4, -0.2) is 23.4 Å². The van der Waals surface area contributed by atoms with Crippen LogP contribution in [0.5, 0.6) is 0 Å². The van der Waals surface area contributed by atoms with E-state index in [9.17, 15) is 24.1 Å². The number of carbonyl (C=O) groups is 2. The molecule has 1 heterocycles. The molecule has 0 saturated heterocycles. The van der Waals surface area contributed by atoms with Gasteiger partial charge in [0.15, 0.2) is 0 Å². The summed E-state index contributed by atoms with van der Waals surface area (Å²) in [6.07, 6.45) is 0. The predicted octanol–water partition coefficient (Wildman–Crippen LogP) is 5.20. The lowest BCUT2D eigenvalue weighted by atomic mass is 10.0. The highest BCUT2D eigenvalue weighted by molar-refractivity contribution is 7.15. The molecule has 7 nitrogen and oxygen atoms in total. The number of nitrogens with one attached hydrogen (secondary N) is 1. The third-order valence-corrected chi connectivity index (χ3v) is 5.22. The molecule has 3 aromatic rings. The van der Waals surface area contributed by atoms with E-state index in [0.29, 0.717) is 16.7 Å². The van der Waals surface area contributed by atoms with Crippen LogP contribution >= 0.6 is 11.3 Å². The van der Waals surface area contributed by atoms with Gasteiger partial charge in [0.1, 0.15) is 16.4 Å². The zero-order chi connectivity index (χ0) is 21.8. The highest BCUT2D eigenvalue weighted by Gasteiger charge is 2.24. The van der Waals surface area contributed by atoms with Crippen LogP contribution in [0.3, 0.4) is 0 Å². The number of esters is 1. The highest BCUT2D eigenvalue weighted by Crippen LogP contribution is 2.36. The van der Waals surface area contributed by atoms with Gasteiger partial charge in [-0.25, -0.2) is 9.18 Å². The molecule has 0 aliphatic heterocycles. The standard InChI is InChI=1S/C21H17FN2O5S/c1-3-29-21(26)18-16(13-6-8-15(22)9-7-13)11-30-20(18)23-19(25)14-5-4-12(2)17(10-14)24(27)28/h4-11H,3H2,1-2H3,(H,23,25). The van der Waals surface area contributed by atoms with E-state index in [0.717, 1.165) is 11.3 Å². The fourth-order valence-electron chi connectivity index (χ4n) is 2.82. The summed E-state index contributed by atoms with van der Waals surface area (Å²) in [6.45, 7) is 3.37. The minimum absolute atomic E-state index is 0.0823. The van der Waals surface area contributed by atoms with Gasteiger partial charge in [-0.2, -0.15) is 0 Å². The average Bonchev–Trinajstić information content (AvgIpc) is 3.12. The van der Waals surface area contributed by atoms with Gasteiger partial charge in [-0.1, -0.05) is 18.2 Å². The first kappa shape index (κ1) is 21.1. The molecule has 0 atom stereocenters. The summed E-state index contributed by atoms with van der Waals surface area (Å²) < 4.78 is 18.4. The molecule has 1 amide bonds. The molecule has 9 heteroatoms. The first-order chi connectivity index (χ1) is 14.3. The second-order valence-corrected chi connectivity index (χ2v) is 7.17. The lowest BCUT2D eigenvalue weighted by Gasteiger charge is -2.09. The number of hydrogen-bond donors (Lipinski definition) is 1. The molecule has 0 aliphatic carbocycles. The first-order valence-corrected chi connectivity index (χ1v) is 9.80. The van der Waals surface area contributed by atoms with E-state index < -0.39 is 22.6 Å². The van der Waals surface area contributed by atoms with Crippen LogP contribution in [-0.2, 0) is 4.74 Å². The maximum Gasteiger partial charge on any atom is 0.341 e. The smallest absolute Gasteiger partial charge is 0.341 e. The SMILES string of the molecule is CCOC(=O)c1c(-c2ccc(F)cc2)csc1NC(=O)c1ccc(C)c([N+](=O)[O-])c1. The largest absolute Gasteiger partial charge is 0.462 e. The van der Waals surface area contributed by atoms with Crippen molar-refractivity contribution in [1.29, 1.82) is 0 Å². The lowest BCUT2D eigenvalue weighted by Crippen LogP contribution is -2.15. The van der Waals surface area contributed by atoms with Crippen LogP contribution in [0.15, 0.2) is 47.8 Å². The molecule has 0 radical (unpaired) electrons. The van der Waals surface area contributed by atoms with Crippen molar-refractivity contribution in [1.82, 2.24) is 0 Å². The third kappa shape index (κ3) is 4.36. The van der Waals surface area contributed by atoms with Gasteiger partial charge in [0.05, 0.1) is 11.5 Å². The number of nitro groups is 1. The number of carbonyl (C=O) groups excluding carboxylic acids is 2. The number of nitrogens with zero attached hydrogens (tertiary/aromatic N) is 1. The molecular weight excluding hydrogens is 411 g/mol. The van der Waals surface area contributed by atoms with Crippen molar-refractivity contribution in [2.45, 2.75) is 13.8 Å². The zero-order valence-electron chi connectivity index (χ0n) is 16.1. The molecule has 30 heavy (non-hydrogen) atoms. The van der Waals surface area contributed by atoms with Crippen molar-refractivity contribution in [3.8, 4) is 11.1 Å². The molecule has 1 N–H and O–H groups in total. The van der Waals surface area contributed by atoms with E-state index in [-0.39, 0.29) is 28.4 Å². The molecule has 0 spiro atoms. The Bertz CT molecular complexity index is 1120. The lowest BCUT2D eigenvalue weighted by molar-refractivity contribution is -0.385. The van der Waals surface area contributed by atoms with E-state index in [2.05, 4.69) is 5.32 Å². The van der Waals surface area contributed by atoms with Gasteiger partial charge < -0.3 is 10.1 Å². The fraction of sp³-hybridized carbons (Fsp3) is 0.143. The molecule has 0 fully saturated rings. The number of halogens is 1. The van der Waals surface area contributed by atoms with Gasteiger partial charge in [-0.15, -0.1) is 11.3 Å².